The SMILES string of the molecule is C=CC1C[C@H](OC(=O)C2(c3ccccc3)CCCCCC2)C1CCNCC(=O)Nc1cncc(Cl)n1. The fourth-order valence-corrected chi connectivity index (χ4v) is 5.66. The number of amides is 1. The van der Waals surface area contributed by atoms with Crippen molar-refractivity contribution in [1.29, 1.82) is 0 Å². The molecular weight excluding hydrogens is 476 g/mol. The lowest BCUT2D eigenvalue weighted by atomic mass is 9.68. The first-order valence-electron chi connectivity index (χ1n) is 12.9. The van der Waals surface area contributed by atoms with Gasteiger partial charge >= 0.3 is 5.97 Å². The zero-order chi connectivity index (χ0) is 25.4. The van der Waals surface area contributed by atoms with E-state index in [9.17, 15) is 9.59 Å². The minimum Gasteiger partial charge on any atom is -0.461 e. The van der Waals surface area contributed by atoms with E-state index in [1.165, 1.54) is 12.4 Å². The Bertz CT molecular complexity index is 1040. The number of carbonyl (C=O) groups is 2. The quantitative estimate of drug-likeness (QED) is 0.200. The topological polar surface area (TPSA) is 93.2 Å². The normalized spacial score (nSPS) is 23.1. The van der Waals surface area contributed by atoms with Crippen LogP contribution in [0.5, 0.6) is 0 Å². The van der Waals surface area contributed by atoms with Crippen molar-refractivity contribution in [2.75, 3.05) is 18.4 Å². The van der Waals surface area contributed by atoms with Gasteiger partial charge < -0.3 is 15.4 Å². The van der Waals surface area contributed by atoms with Crippen LogP contribution in [-0.2, 0) is 19.7 Å². The molecule has 1 aromatic carbocycles. The molecule has 0 aliphatic heterocycles. The number of halogens is 1. The Hall–Kier alpha value is -2.77. The molecule has 8 heteroatoms. The van der Waals surface area contributed by atoms with E-state index in [2.05, 4.69) is 39.3 Å². The van der Waals surface area contributed by atoms with Crippen molar-refractivity contribution in [3.05, 3.63) is 66.1 Å². The lowest BCUT2D eigenvalue weighted by Gasteiger charge is -2.44. The van der Waals surface area contributed by atoms with Crippen molar-refractivity contribution < 1.29 is 14.3 Å². The molecule has 192 valence electrons. The van der Waals surface area contributed by atoms with E-state index < -0.39 is 5.41 Å². The molecule has 0 spiro atoms. The van der Waals surface area contributed by atoms with Crippen LogP contribution in [0.1, 0.15) is 56.9 Å². The molecule has 1 heterocycles. The van der Waals surface area contributed by atoms with Gasteiger partial charge in [-0.2, -0.15) is 0 Å². The second-order valence-electron chi connectivity index (χ2n) is 9.85. The standard InChI is InChI=1S/C28H35ClN4O3/c1-2-20-16-23(22(20)12-15-30-19-26(34)33-25-18-31-17-24(29)32-25)36-27(35)28(13-8-3-4-9-14-28)21-10-6-5-7-11-21/h2,5-7,10-11,17-18,20,22-23,30H,1,3-4,8-9,12-16,19H2,(H,32,33,34)/t20?,22?,23-/m0/s1. The van der Waals surface area contributed by atoms with E-state index in [-0.39, 0.29) is 35.6 Å². The van der Waals surface area contributed by atoms with Gasteiger partial charge in [-0.25, -0.2) is 4.98 Å². The summed E-state index contributed by atoms with van der Waals surface area (Å²) >= 11 is 5.81. The lowest BCUT2D eigenvalue weighted by molar-refractivity contribution is -0.169. The monoisotopic (exact) mass is 510 g/mol. The van der Waals surface area contributed by atoms with Gasteiger partial charge in [0, 0.05) is 5.92 Å². The fourth-order valence-electron chi connectivity index (χ4n) is 5.51. The van der Waals surface area contributed by atoms with Crippen molar-refractivity contribution in [2.24, 2.45) is 11.8 Å². The average Bonchev–Trinajstić information content (AvgIpc) is 3.14. The van der Waals surface area contributed by atoms with Gasteiger partial charge in [-0.05, 0) is 43.7 Å². The highest BCUT2D eigenvalue weighted by molar-refractivity contribution is 6.29. The maximum atomic E-state index is 13.7. The molecule has 36 heavy (non-hydrogen) atoms. The van der Waals surface area contributed by atoms with Crippen LogP contribution in [0.25, 0.3) is 0 Å². The molecule has 7 nitrogen and oxygen atoms in total. The fraction of sp³-hybridized carbons (Fsp3) is 0.500. The van der Waals surface area contributed by atoms with Crippen LogP contribution in [0, 0.1) is 11.8 Å². The van der Waals surface area contributed by atoms with Crippen molar-refractivity contribution in [1.82, 2.24) is 15.3 Å². The summed E-state index contributed by atoms with van der Waals surface area (Å²) in [5.41, 5.74) is 0.520. The molecule has 2 unspecified atom stereocenters. The Balaban J connectivity index is 1.31. The average molecular weight is 511 g/mol. The van der Waals surface area contributed by atoms with Gasteiger partial charge in [0.2, 0.25) is 5.91 Å². The molecule has 2 N–H and O–H groups in total. The third kappa shape index (κ3) is 6.31. The van der Waals surface area contributed by atoms with Crippen LogP contribution < -0.4 is 10.6 Å². The Kier molecular flexibility index (Phi) is 9.10. The smallest absolute Gasteiger partial charge is 0.316 e. The third-order valence-electron chi connectivity index (χ3n) is 7.58. The Morgan fingerprint density at radius 1 is 1.14 bits per heavy atom. The molecule has 2 fully saturated rings. The number of rotatable bonds is 10. The molecule has 0 bridgehead atoms. The van der Waals surface area contributed by atoms with E-state index in [0.29, 0.717) is 18.3 Å². The predicted molar refractivity (Wildman–Crippen MR) is 141 cm³/mol. The van der Waals surface area contributed by atoms with Crippen molar-refractivity contribution in [3.8, 4) is 0 Å². The number of esters is 1. The van der Waals surface area contributed by atoms with Crippen LogP contribution >= 0.6 is 11.6 Å². The van der Waals surface area contributed by atoms with Crippen molar-refractivity contribution >= 4 is 29.3 Å². The number of anilines is 1. The van der Waals surface area contributed by atoms with E-state index in [1.807, 2.05) is 24.3 Å². The molecule has 2 aliphatic carbocycles. The number of benzene rings is 1. The summed E-state index contributed by atoms with van der Waals surface area (Å²) in [7, 11) is 0. The third-order valence-corrected chi connectivity index (χ3v) is 7.76. The molecule has 1 amide bonds. The van der Waals surface area contributed by atoms with Crippen LogP contribution in [-0.4, -0.2) is 41.0 Å². The minimum atomic E-state index is -0.554. The van der Waals surface area contributed by atoms with Crippen LogP contribution in [0.15, 0.2) is 55.4 Å². The maximum absolute atomic E-state index is 13.7. The number of allylic oxidation sites excluding steroid dienone is 1. The molecule has 0 saturated heterocycles. The van der Waals surface area contributed by atoms with Crippen molar-refractivity contribution in [3.63, 3.8) is 0 Å². The highest BCUT2D eigenvalue weighted by atomic mass is 35.5. The van der Waals surface area contributed by atoms with Gasteiger partial charge in [0.15, 0.2) is 5.82 Å². The number of nitrogens with zero attached hydrogens (tertiary/aromatic N) is 2. The summed E-state index contributed by atoms with van der Waals surface area (Å²) in [6.07, 6.45) is 12.4. The molecule has 3 atom stereocenters. The molecule has 0 radical (unpaired) electrons. The van der Waals surface area contributed by atoms with E-state index in [0.717, 1.165) is 56.9 Å². The highest BCUT2D eigenvalue weighted by Crippen LogP contribution is 2.44. The molecule has 4 rings (SSSR count). The summed E-state index contributed by atoms with van der Waals surface area (Å²) in [5, 5.41) is 6.07. The molecule has 2 aliphatic rings. The largest absolute Gasteiger partial charge is 0.461 e. The zero-order valence-corrected chi connectivity index (χ0v) is 21.4. The predicted octanol–water partition coefficient (Wildman–Crippen LogP) is 5.07. The van der Waals surface area contributed by atoms with Crippen LogP contribution in [0.4, 0.5) is 5.82 Å². The summed E-state index contributed by atoms with van der Waals surface area (Å²) in [6, 6.07) is 10.2. The first-order valence-corrected chi connectivity index (χ1v) is 13.3. The van der Waals surface area contributed by atoms with E-state index in [1.54, 1.807) is 0 Å². The van der Waals surface area contributed by atoms with Crippen LogP contribution in [0.3, 0.4) is 0 Å². The molecule has 2 saturated carbocycles. The van der Waals surface area contributed by atoms with E-state index in [4.69, 9.17) is 16.3 Å². The van der Waals surface area contributed by atoms with Gasteiger partial charge in [-0.15, -0.1) is 6.58 Å². The Morgan fingerprint density at radius 2 is 1.89 bits per heavy atom. The number of ether oxygens (including phenoxy) is 1. The summed E-state index contributed by atoms with van der Waals surface area (Å²) in [6.45, 7) is 4.74. The lowest BCUT2D eigenvalue weighted by Crippen LogP contribution is -2.48. The highest BCUT2D eigenvalue weighted by Gasteiger charge is 2.47. The number of aromatic nitrogens is 2. The van der Waals surface area contributed by atoms with E-state index >= 15 is 0 Å². The minimum absolute atomic E-state index is 0.0805. The van der Waals surface area contributed by atoms with Crippen LogP contribution in [0.2, 0.25) is 5.15 Å². The summed E-state index contributed by atoms with van der Waals surface area (Å²) in [5.74, 6) is 0.518. The summed E-state index contributed by atoms with van der Waals surface area (Å²) < 4.78 is 6.23. The second-order valence-corrected chi connectivity index (χ2v) is 10.2. The number of nitrogens with one attached hydrogen (secondary N) is 2. The first-order chi connectivity index (χ1) is 17.5. The number of hydrogen-bond acceptors (Lipinski definition) is 6. The molecule has 1 aromatic heterocycles. The van der Waals surface area contributed by atoms with Gasteiger partial charge in [0.25, 0.3) is 0 Å². The molecular formula is C28H35ClN4O3. The summed E-state index contributed by atoms with van der Waals surface area (Å²) in [4.78, 5) is 33.8. The Morgan fingerprint density at radius 3 is 2.58 bits per heavy atom. The zero-order valence-electron chi connectivity index (χ0n) is 20.6. The van der Waals surface area contributed by atoms with Gasteiger partial charge in [0.05, 0.1) is 24.4 Å². The molecule has 2 aromatic rings. The second kappa shape index (κ2) is 12.5. The van der Waals surface area contributed by atoms with Gasteiger partial charge in [-0.1, -0.05) is 73.7 Å². The van der Waals surface area contributed by atoms with Gasteiger partial charge in [0.1, 0.15) is 11.3 Å². The van der Waals surface area contributed by atoms with Gasteiger partial charge in [-0.3, -0.25) is 14.6 Å². The number of hydrogen-bond donors (Lipinski definition) is 2. The Labute approximate surface area is 218 Å². The first kappa shape index (κ1) is 26.3. The number of carbonyl (C=O) groups excluding carboxylic acids is 2. The maximum Gasteiger partial charge on any atom is 0.316 e. The van der Waals surface area contributed by atoms with Crippen molar-refractivity contribution in [2.45, 2.75) is 62.9 Å².